The van der Waals surface area contributed by atoms with Gasteiger partial charge < -0.3 is 18.8 Å². The lowest BCUT2D eigenvalue weighted by molar-refractivity contribution is 0.0648. The van der Waals surface area contributed by atoms with Crippen LogP contribution in [0.3, 0.4) is 0 Å². The van der Waals surface area contributed by atoms with E-state index >= 15 is 0 Å². The molecule has 2 aromatic carbocycles. The maximum absolute atomic E-state index is 13.6. The Kier molecular flexibility index (Phi) is 6.40. The number of fused-ring (bicyclic) bond motifs is 1. The standard InChI is InChI=1S/C25H27NO7S/c1-15-9-16(2)24-19(10-15)20(27)12-23(33-24)25(28)26(18-7-8-34(29,30)14-18)13-17-5-6-21(31-3)22(11-17)32-4/h5-6,9-12,18H,7-8,13-14H2,1-4H3. The predicted molar refractivity (Wildman–Crippen MR) is 128 cm³/mol. The van der Waals surface area contributed by atoms with Crippen molar-refractivity contribution in [2.24, 2.45) is 0 Å². The molecule has 0 N–H and O–H groups in total. The smallest absolute Gasteiger partial charge is 0.290 e. The van der Waals surface area contributed by atoms with Gasteiger partial charge in [0.15, 0.2) is 32.5 Å². The minimum Gasteiger partial charge on any atom is -0.493 e. The number of carbonyl (C=O) groups is 1. The van der Waals surface area contributed by atoms with E-state index in [9.17, 15) is 18.0 Å². The van der Waals surface area contributed by atoms with Gasteiger partial charge in [-0.3, -0.25) is 9.59 Å². The first-order chi connectivity index (χ1) is 16.1. The second kappa shape index (κ2) is 9.13. The molecule has 1 atom stereocenters. The number of rotatable bonds is 6. The highest BCUT2D eigenvalue weighted by atomic mass is 32.2. The zero-order chi connectivity index (χ0) is 24.6. The Labute approximate surface area is 198 Å². The highest BCUT2D eigenvalue weighted by molar-refractivity contribution is 7.91. The number of nitrogens with zero attached hydrogens (tertiary/aromatic N) is 1. The van der Waals surface area contributed by atoms with Crippen LogP contribution in [0.5, 0.6) is 11.5 Å². The SMILES string of the molecule is COc1ccc(CN(C(=O)c2cc(=O)c3cc(C)cc(C)c3o2)C2CCS(=O)(=O)C2)cc1OC. The first-order valence-corrected chi connectivity index (χ1v) is 12.7. The summed E-state index contributed by atoms with van der Waals surface area (Å²) in [5.41, 5.74) is 2.43. The molecule has 0 saturated carbocycles. The number of methoxy groups -OCH3 is 2. The first-order valence-electron chi connectivity index (χ1n) is 10.9. The number of aryl methyl sites for hydroxylation is 2. The van der Waals surface area contributed by atoms with Crippen molar-refractivity contribution in [1.82, 2.24) is 4.90 Å². The molecule has 9 heteroatoms. The minimum atomic E-state index is -3.26. The monoisotopic (exact) mass is 485 g/mol. The maximum Gasteiger partial charge on any atom is 0.290 e. The summed E-state index contributed by atoms with van der Waals surface area (Å²) in [6.45, 7) is 3.82. The molecule has 0 spiro atoms. The summed E-state index contributed by atoms with van der Waals surface area (Å²) in [5, 5.41) is 0.406. The van der Waals surface area contributed by atoms with E-state index in [0.29, 0.717) is 28.9 Å². The van der Waals surface area contributed by atoms with Gasteiger partial charge in [-0.15, -0.1) is 0 Å². The number of amides is 1. The van der Waals surface area contributed by atoms with Gasteiger partial charge in [0.1, 0.15) is 5.58 Å². The van der Waals surface area contributed by atoms with E-state index in [2.05, 4.69) is 0 Å². The van der Waals surface area contributed by atoms with Crippen LogP contribution in [0.4, 0.5) is 0 Å². The highest BCUT2D eigenvalue weighted by Crippen LogP contribution is 2.30. The molecule has 3 aromatic rings. The van der Waals surface area contributed by atoms with E-state index in [0.717, 1.165) is 16.7 Å². The van der Waals surface area contributed by atoms with E-state index < -0.39 is 21.8 Å². The molecule has 0 radical (unpaired) electrons. The summed E-state index contributed by atoms with van der Waals surface area (Å²) in [5.74, 6) is 0.258. The number of hydrogen-bond acceptors (Lipinski definition) is 7. The van der Waals surface area contributed by atoms with Crippen LogP contribution in [0.1, 0.15) is 33.7 Å². The lowest BCUT2D eigenvalue weighted by atomic mass is 10.1. The highest BCUT2D eigenvalue weighted by Gasteiger charge is 2.36. The number of carbonyl (C=O) groups excluding carboxylic acids is 1. The average Bonchev–Trinajstić information content (AvgIpc) is 3.16. The van der Waals surface area contributed by atoms with E-state index in [1.165, 1.54) is 25.2 Å². The summed E-state index contributed by atoms with van der Waals surface area (Å²) in [6, 6.07) is 9.52. The van der Waals surface area contributed by atoms with Gasteiger partial charge in [0.05, 0.1) is 31.1 Å². The molecule has 1 aliphatic rings. The van der Waals surface area contributed by atoms with Crippen LogP contribution in [0.25, 0.3) is 11.0 Å². The zero-order valence-electron chi connectivity index (χ0n) is 19.6. The van der Waals surface area contributed by atoms with E-state index in [-0.39, 0.29) is 29.2 Å². The Morgan fingerprint density at radius 2 is 1.82 bits per heavy atom. The van der Waals surface area contributed by atoms with E-state index in [4.69, 9.17) is 13.9 Å². The summed E-state index contributed by atoms with van der Waals surface area (Å²) in [6.07, 6.45) is 0.317. The van der Waals surface area contributed by atoms with Crippen LogP contribution >= 0.6 is 0 Å². The fourth-order valence-corrected chi connectivity index (χ4v) is 6.15. The van der Waals surface area contributed by atoms with Crippen molar-refractivity contribution < 1.29 is 27.1 Å². The van der Waals surface area contributed by atoms with Crippen LogP contribution in [-0.4, -0.2) is 51.0 Å². The Morgan fingerprint density at radius 1 is 1.09 bits per heavy atom. The molecule has 1 amide bonds. The van der Waals surface area contributed by atoms with Gasteiger partial charge in [0.2, 0.25) is 0 Å². The molecule has 8 nitrogen and oxygen atoms in total. The topological polar surface area (TPSA) is 103 Å². The van der Waals surface area contributed by atoms with Gasteiger partial charge in [0.25, 0.3) is 5.91 Å². The number of ether oxygens (including phenoxy) is 2. The van der Waals surface area contributed by atoms with Crippen molar-refractivity contribution in [3.63, 3.8) is 0 Å². The van der Waals surface area contributed by atoms with Gasteiger partial charge in [0, 0.05) is 18.7 Å². The van der Waals surface area contributed by atoms with Crippen molar-refractivity contribution >= 4 is 26.7 Å². The quantitative estimate of drug-likeness (QED) is 0.528. The largest absolute Gasteiger partial charge is 0.493 e. The molecule has 1 aromatic heterocycles. The lowest BCUT2D eigenvalue weighted by Crippen LogP contribution is -2.41. The molecular weight excluding hydrogens is 458 g/mol. The molecule has 0 aliphatic carbocycles. The van der Waals surface area contributed by atoms with Crippen molar-refractivity contribution in [3.05, 3.63) is 69.1 Å². The number of hydrogen-bond donors (Lipinski definition) is 0. The van der Waals surface area contributed by atoms with Crippen molar-refractivity contribution in [2.45, 2.75) is 32.9 Å². The van der Waals surface area contributed by atoms with Crippen LogP contribution in [0.15, 0.2) is 45.6 Å². The third-order valence-corrected chi connectivity index (χ3v) is 7.83. The summed E-state index contributed by atoms with van der Waals surface area (Å²) >= 11 is 0. The molecule has 0 bridgehead atoms. The number of benzene rings is 2. The summed E-state index contributed by atoms with van der Waals surface area (Å²) < 4.78 is 41.0. The zero-order valence-corrected chi connectivity index (χ0v) is 20.4. The minimum absolute atomic E-state index is 0.00738. The molecule has 180 valence electrons. The Balaban J connectivity index is 1.76. The normalized spacial score (nSPS) is 17.0. The van der Waals surface area contributed by atoms with Gasteiger partial charge in [-0.05, 0) is 55.2 Å². The number of sulfone groups is 1. The molecule has 2 heterocycles. The van der Waals surface area contributed by atoms with E-state index in [1.807, 2.05) is 19.9 Å². The summed E-state index contributed by atoms with van der Waals surface area (Å²) in [4.78, 5) is 27.9. The van der Waals surface area contributed by atoms with Crippen molar-refractivity contribution in [2.75, 3.05) is 25.7 Å². The molecule has 1 fully saturated rings. The first kappa shape index (κ1) is 23.8. The molecule has 1 aliphatic heterocycles. The fraction of sp³-hybridized carbons (Fsp3) is 0.360. The molecule has 1 saturated heterocycles. The van der Waals surface area contributed by atoms with E-state index in [1.54, 1.807) is 24.3 Å². The van der Waals surface area contributed by atoms with Crippen LogP contribution in [0, 0.1) is 13.8 Å². The van der Waals surface area contributed by atoms with Crippen LogP contribution in [0.2, 0.25) is 0 Å². The molecular formula is C25H27NO7S. The molecule has 4 rings (SSSR count). The van der Waals surface area contributed by atoms with Gasteiger partial charge >= 0.3 is 0 Å². The molecule has 34 heavy (non-hydrogen) atoms. The molecule has 1 unspecified atom stereocenters. The van der Waals surface area contributed by atoms with Gasteiger partial charge in [-0.2, -0.15) is 0 Å². The van der Waals surface area contributed by atoms with Crippen molar-refractivity contribution in [1.29, 1.82) is 0 Å². The Bertz CT molecular complexity index is 1430. The maximum atomic E-state index is 13.6. The van der Waals surface area contributed by atoms with Crippen LogP contribution in [-0.2, 0) is 16.4 Å². The average molecular weight is 486 g/mol. The lowest BCUT2D eigenvalue weighted by Gasteiger charge is -2.28. The Hall–Kier alpha value is -3.33. The predicted octanol–water partition coefficient (Wildman–Crippen LogP) is 3.26. The van der Waals surface area contributed by atoms with Gasteiger partial charge in [-0.1, -0.05) is 12.1 Å². The Morgan fingerprint density at radius 3 is 2.47 bits per heavy atom. The van der Waals surface area contributed by atoms with Crippen molar-refractivity contribution in [3.8, 4) is 11.5 Å². The third kappa shape index (κ3) is 4.65. The third-order valence-electron chi connectivity index (χ3n) is 6.08. The van der Waals surface area contributed by atoms with Gasteiger partial charge in [-0.25, -0.2) is 8.42 Å². The summed E-state index contributed by atoms with van der Waals surface area (Å²) in [7, 11) is -0.212. The second-order valence-corrected chi connectivity index (χ2v) is 10.8. The second-order valence-electron chi connectivity index (χ2n) is 8.61. The van der Waals surface area contributed by atoms with Crippen LogP contribution < -0.4 is 14.9 Å². The fourth-order valence-electron chi connectivity index (χ4n) is 4.42.